The largest absolute Gasteiger partial charge is 0.446 e. The Morgan fingerprint density at radius 2 is 2.17 bits per heavy atom. The summed E-state index contributed by atoms with van der Waals surface area (Å²) in [5.74, 6) is 1.05. The quantitative estimate of drug-likeness (QED) is 0.731. The van der Waals surface area contributed by atoms with Gasteiger partial charge in [0.05, 0.1) is 12.1 Å². The van der Waals surface area contributed by atoms with Crippen LogP contribution >= 0.6 is 0 Å². The zero-order chi connectivity index (χ0) is 8.55. The van der Waals surface area contributed by atoms with E-state index in [9.17, 15) is 0 Å². The molecule has 1 aliphatic heterocycles. The fourth-order valence-electron chi connectivity index (χ4n) is 1.80. The molecule has 2 heterocycles. The predicted octanol–water partition coefficient (Wildman–Crippen LogP) is 2.18. The van der Waals surface area contributed by atoms with Gasteiger partial charge >= 0.3 is 0 Å². The molecule has 0 saturated carbocycles. The first kappa shape index (κ1) is 7.80. The van der Waals surface area contributed by atoms with Gasteiger partial charge in [-0.1, -0.05) is 13.8 Å². The molecule has 0 spiro atoms. The van der Waals surface area contributed by atoms with E-state index in [1.165, 1.54) is 0 Å². The van der Waals surface area contributed by atoms with Gasteiger partial charge in [-0.15, -0.1) is 0 Å². The second kappa shape index (κ2) is 2.90. The third-order valence-corrected chi connectivity index (χ3v) is 2.49. The minimum Gasteiger partial charge on any atom is -0.446 e. The highest BCUT2D eigenvalue weighted by Gasteiger charge is 2.32. The van der Waals surface area contributed by atoms with Crippen LogP contribution in [0.3, 0.4) is 0 Å². The molecule has 1 aromatic rings. The number of oxazole rings is 1. The Hall–Kier alpha value is -0.830. The molecule has 1 aliphatic rings. The van der Waals surface area contributed by atoms with Crippen molar-refractivity contribution in [2.24, 2.45) is 0 Å². The fraction of sp³-hybridized carbons (Fsp3) is 0.667. The van der Waals surface area contributed by atoms with Crippen molar-refractivity contribution in [3.63, 3.8) is 0 Å². The van der Waals surface area contributed by atoms with Crippen molar-refractivity contribution in [3.05, 3.63) is 17.8 Å². The smallest absolute Gasteiger partial charge is 0.181 e. The second-order valence-electron chi connectivity index (χ2n) is 3.19. The van der Waals surface area contributed by atoms with Gasteiger partial charge in [0.15, 0.2) is 6.39 Å². The summed E-state index contributed by atoms with van der Waals surface area (Å²) < 4.78 is 5.34. The minimum absolute atomic E-state index is 0.382. The van der Waals surface area contributed by atoms with Crippen molar-refractivity contribution in [1.82, 2.24) is 10.3 Å². The molecule has 66 valence electrons. The SMILES string of the molecule is CCC1NC(CC)c2ocnc21. The maximum atomic E-state index is 5.34. The lowest BCUT2D eigenvalue weighted by molar-refractivity contribution is 0.403. The summed E-state index contributed by atoms with van der Waals surface area (Å²) in [6.07, 6.45) is 3.70. The highest BCUT2D eigenvalue weighted by atomic mass is 16.3. The number of hydrogen-bond donors (Lipinski definition) is 1. The third kappa shape index (κ3) is 0.966. The molecule has 2 atom stereocenters. The number of nitrogens with zero attached hydrogens (tertiary/aromatic N) is 1. The molecule has 0 amide bonds. The summed E-state index contributed by atoms with van der Waals surface area (Å²) in [4.78, 5) is 4.22. The minimum atomic E-state index is 0.382. The van der Waals surface area contributed by atoms with Crippen molar-refractivity contribution in [3.8, 4) is 0 Å². The molecule has 12 heavy (non-hydrogen) atoms. The summed E-state index contributed by atoms with van der Waals surface area (Å²) in [6.45, 7) is 4.32. The van der Waals surface area contributed by atoms with Crippen LogP contribution in [-0.4, -0.2) is 4.98 Å². The molecule has 1 aromatic heterocycles. The van der Waals surface area contributed by atoms with E-state index in [1.54, 1.807) is 6.39 Å². The lowest BCUT2D eigenvalue weighted by Gasteiger charge is -2.09. The molecule has 0 saturated heterocycles. The van der Waals surface area contributed by atoms with E-state index >= 15 is 0 Å². The van der Waals surface area contributed by atoms with Crippen LogP contribution in [0.4, 0.5) is 0 Å². The Bertz CT molecular complexity index is 245. The molecular weight excluding hydrogens is 152 g/mol. The molecule has 2 unspecified atom stereocenters. The highest BCUT2D eigenvalue weighted by molar-refractivity contribution is 5.22. The van der Waals surface area contributed by atoms with Gasteiger partial charge in [0, 0.05) is 0 Å². The van der Waals surface area contributed by atoms with Crippen molar-refractivity contribution < 1.29 is 4.42 Å². The lowest BCUT2D eigenvalue weighted by atomic mass is 10.1. The van der Waals surface area contributed by atoms with Crippen LogP contribution in [0.2, 0.25) is 0 Å². The van der Waals surface area contributed by atoms with Gasteiger partial charge in [-0.2, -0.15) is 0 Å². The van der Waals surface area contributed by atoms with Crippen LogP contribution in [0.5, 0.6) is 0 Å². The molecule has 3 heteroatoms. The van der Waals surface area contributed by atoms with Crippen LogP contribution < -0.4 is 5.32 Å². The average molecular weight is 166 g/mol. The van der Waals surface area contributed by atoms with Gasteiger partial charge in [0.1, 0.15) is 11.5 Å². The molecule has 2 rings (SSSR count). The van der Waals surface area contributed by atoms with Gasteiger partial charge in [-0.25, -0.2) is 4.98 Å². The van der Waals surface area contributed by atoms with E-state index in [2.05, 4.69) is 24.1 Å². The molecule has 0 fully saturated rings. The van der Waals surface area contributed by atoms with Crippen molar-refractivity contribution >= 4 is 0 Å². The van der Waals surface area contributed by atoms with E-state index in [-0.39, 0.29) is 0 Å². The normalized spacial score (nSPS) is 27.5. The summed E-state index contributed by atoms with van der Waals surface area (Å²) in [5, 5.41) is 3.48. The summed E-state index contributed by atoms with van der Waals surface area (Å²) in [6, 6.07) is 0.788. The number of aromatic nitrogens is 1. The Labute approximate surface area is 72.2 Å². The van der Waals surface area contributed by atoms with E-state index in [0.29, 0.717) is 12.1 Å². The van der Waals surface area contributed by atoms with Crippen LogP contribution in [0, 0.1) is 0 Å². The van der Waals surface area contributed by atoms with E-state index in [1.807, 2.05) is 0 Å². The number of rotatable bonds is 2. The maximum absolute atomic E-state index is 5.34. The monoisotopic (exact) mass is 166 g/mol. The van der Waals surface area contributed by atoms with Crippen molar-refractivity contribution in [2.75, 3.05) is 0 Å². The topological polar surface area (TPSA) is 38.1 Å². The van der Waals surface area contributed by atoms with Crippen molar-refractivity contribution in [2.45, 2.75) is 38.8 Å². The molecule has 0 bridgehead atoms. The van der Waals surface area contributed by atoms with Crippen LogP contribution in [0.25, 0.3) is 0 Å². The highest BCUT2D eigenvalue weighted by Crippen LogP contribution is 2.35. The Balaban J connectivity index is 2.31. The zero-order valence-electron chi connectivity index (χ0n) is 7.50. The van der Waals surface area contributed by atoms with Crippen LogP contribution in [-0.2, 0) is 0 Å². The van der Waals surface area contributed by atoms with Gasteiger partial charge in [-0.3, -0.25) is 5.32 Å². The standard InChI is InChI=1S/C9H14N2O/c1-3-6-8-9(12-5-10-8)7(4-2)11-6/h5-7,11H,3-4H2,1-2H3. The van der Waals surface area contributed by atoms with Gasteiger partial charge in [0.25, 0.3) is 0 Å². The molecule has 0 radical (unpaired) electrons. The second-order valence-corrected chi connectivity index (χ2v) is 3.19. The summed E-state index contributed by atoms with van der Waals surface area (Å²) >= 11 is 0. The third-order valence-electron chi connectivity index (χ3n) is 2.49. The average Bonchev–Trinajstić information content (AvgIpc) is 2.63. The maximum Gasteiger partial charge on any atom is 0.181 e. The van der Waals surface area contributed by atoms with E-state index in [4.69, 9.17) is 4.42 Å². The Morgan fingerprint density at radius 3 is 2.83 bits per heavy atom. The van der Waals surface area contributed by atoms with Crippen molar-refractivity contribution in [1.29, 1.82) is 0 Å². The zero-order valence-corrected chi connectivity index (χ0v) is 7.50. The molecule has 3 nitrogen and oxygen atoms in total. The molecule has 1 N–H and O–H groups in total. The Kier molecular flexibility index (Phi) is 1.89. The first-order valence-electron chi connectivity index (χ1n) is 4.56. The predicted molar refractivity (Wildman–Crippen MR) is 45.7 cm³/mol. The van der Waals surface area contributed by atoms with Gasteiger partial charge in [0.2, 0.25) is 0 Å². The summed E-state index contributed by atoms with van der Waals surface area (Å²) in [5.41, 5.74) is 1.12. The Morgan fingerprint density at radius 1 is 1.42 bits per heavy atom. The first-order valence-corrected chi connectivity index (χ1v) is 4.56. The van der Waals surface area contributed by atoms with Gasteiger partial charge < -0.3 is 4.42 Å². The molecular formula is C9H14N2O. The molecule has 0 aromatic carbocycles. The lowest BCUT2D eigenvalue weighted by Crippen LogP contribution is -2.16. The van der Waals surface area contributed by atoms with Crippen LogP contribution in [0.15, 0.2) is 10.8 Å². The summed E-state index contributed by atoms with van der Waals surface area (Å²) in [7, 11) is 0. The van der Waals surface area contributed by atoms with E-state index < -0.39 is 0 Å². The fourth-order valence-corrected chi connectivity index (χ4v) is 1.80. The van der Waals surface area contributed by atoms with E-state index in [0.717, 1.165) is 24.3 Å². The number of hydrogen-bond acceptors (Lipinski definition) is 3. The first-order chi connectivity index (χ1) is 5.86. The number of nitrogens with one attached hydrogen (secondary N) is 1. The van der Waals surface area contributed by atoms with Gasteiger partial charge in [-0.05, 0) is 12.8 Å². The van der Waals surface area contributed by atoms with Crippen LogP contribution in [0.1, 0.15) is 50.2 Å². The molecule has 0 aliphatic carbocycles. The number of fused-ring (bicyclic) bond motifs is 1.